The first-order valence-electron chi connectivity index (χ1n) is 11.6. The van der Waals surface area contributed by atoms with Gasteiger partial charge in [-0.15, -0.1) is 0 Å². The molecule has 0 aromatic heterocycles. The summed E-state index contributed by atoms with van der Waals surface area (Å²) in [7, 11) is -2.21. The fraction of sp³-hybridized carbons (Fsp3) is 0.321. The SMILES string of the molecule is COc1cc(C)c(C(C)NC(=O)c2ccc(C)c(S(=O)(=O)Nc3ccc(C)cc3)c2)cc1C(C)C. The van der Waals surface area contributed by atoms with Gasteiger partial charge in [-0.05, 0) is 92.3 Å². The molecule has 3 aromatic rings. The number of methoxy groups -OCH3 is 1. The summed E-state index contributed by atoms with van der Waals surface area (Å²) >= 11 is 0. The number of carbonyl (C=O) groups excluding carboxylic acids is 1. The number of aryl methyl sites for hydroxylation is 3. The zero-order valence-electron chi connectivity index (χ0n) is 21.4. The van der Waals surface area contributed by atoms with Gasteiger partial charge in [0.1, 0.15) is 5.75 Å². The Bertz CT molecular complexity index is 1330. The maximum Gasteiger partial charge on any atom is 0.262 e. The molecule has 35 heavy (non-hydrogen) atoms. The maximum absolute atomic E-state index is 13.1. The van der Waals surface area contributed by atoms with Gasteiger partial charge in [-0.3, -0.25) is 9.52 Å². The predicted molar refractivity (Wildman–Crippen MR) is 141 cm³/mol. The lowest BCUT2D eigenvalue weighted by Gasteiger charge is -2.21. The summed E-state index contributed by atoms with van der Waals surface area (Å²) in [6.45, 7) is 11.7. The summed E-state index contributed by atoms with van der Waals surface area (Å²) in [5.74, 6) is 0.748. The van der Waals surface area contributed by atoms with Gasteiger partial charge in [0.05, 0.1) is 18.0 Å². The predicted octanol–water partition coefficient (Wildman–Crippen LogP) is 6.04. The highest BCUT2D eigenvalue weighted by atomic mass is 32.2. The second kappa shape index (κ2) is 10.5. The molecule has 1 amide bonds. The van der Waals surface area contributed by atoms with Crippen LogP contribution in [0.25, 0.3) is 0 Å². The number of sulfonamides is 1. The molecule has 0 radical (unpaired) electrons. The largest absolute Gasteiger partial charge is 0.496 e. The summed E-state index contributed by atoms with van der Waals surface area (Å²) in [4.78, 5) is 13.2. The van der Waals surface area contributed by atoms with Crippen molar-refractivity contribution in [3.63, 3.8) is 0 Å². The van der Waals surface area contributed by atoms with Crippen LogP contribution >= 0.6 is 0 Å². The third-order valence-electron chi connectivity index (χ3n) is 6.10. The molecular weight excluding hydrogens is 460 g/mol. The molecule has 1 atom stereocenters. The molecule has 186 valence electrons. The van der Waals surface area contributed by atoms with Crippen molar-refractivity contribution in [2.75, 3.05) is 11.8 Å². The van der Waals surface area contributed by atoms with Crippen LogP contribution in [0.5, 0.6) is 5.75 Å². The Kier molecular flexibility index (Phi) is 7.90. The van der Waals surface area contributed by atoms with Crippen LogP contribution in [0.3, 0.4) is 0 Å². The first-order valence-corrected chi connectivity index (χ1v) is 13.1. The minimum absolute atomic E-state index is 0.0705. The summed E-state index contributed by atoms with van der Waals surface area (Å²) in [6.07, 6.45) is 0. The number of carbonyl (C=O) groups is 1. The molecule has 2 N–H and O–H groups in total. The quantitative estimate of drug-likeness (QED) is 0.400. The van der Waals surface area contributed by atoms with Crippen LogP contribution in [0.1, 0.15) is 70.9 Å². The molecular formula is C28H34N2O4S. The van der Waals surface area contributed by atoms with Crippen LogP contribution in [0.4, 0.5) is 5.69 Å². The normalized spacial score (nSPS) is 12.3. The van der Waals surface area contributed by atoms with E-state index in [1.807, 2.05) is 39.0 Å². The molecule has 1 unspecified atom stereocenters. The Balaban J connectivity index is 1.86. The van der Waals surface area contributed by atoms with E-state index >= 15 is 0 Å². The molecule has 7 heteroatoms. The zero-order valence-corrected chi connectivity index (χ0v) is 22.2. The Morgan fingerprint density at radius 3 is 2.11 bits per heavy atom. The molecule has 3 rings (SSSR count). The van der Waals surface area contributed by atoms with E-state index in [2.05, 4.69) is 30.0 Å². The van der Waals surface area contributed by atoms with E-state index in [1.165, 1.54) is 6.07 Å². The molecule has 0 fully saturated rings. The standard InChI is InChI=1S/C28H34N2O4S/c1-17(2)24-16-25(20(5)14-26(24)34-7)21(6)29-28(31)22-11-10-19(4)27(15-22)35(32,33)30-23-12-8-18(3)9-13-23/h8-17,21,30H,1-7H3,(H,29,31). The topological polar surface area (TPSA) is 84.5 Å². The van der Waals surface area contributed by atoms with Crippen LogP contribution in [0, 0.1) is 20.8 Å². The fourth-order valence-corrected chi connectivity index (χ4v) is 5.36. The summed E-state index contributed by atoms with van der Waals surface area (Å²) in [5.41, 5.74) is 5.40. The highest BCUT2D eigenvalue weighted by molar-refractivity contribution is 7.92. The van der Waals surface area contributed by atoms with E-state index in [0.717, 1.165) is 28.0 Å². The van der Waals surface area contributed by atoms with E-state index in [0.29, 0.717) is 11.3 Å². The summed E-state index contributed by atoms with van der Waals surface area (Å²) < 4.78 is 34.3. The Morgan fingerprint density at radius 2 is 1.51 bits per heavy atom. The van der Waals surface area contributed by atoms with Crippen molar-refractivity contribution in [3.8, 4) is 5.75 Å². The van der Waals surface area contributed by atoms with Gasteiger partial charge in [0.25, 0.3) is 15.9 Å². The van der Waals surface area contributed by atoms with Crippen molar-refractivity contribution in [2.45, 2.75) is 58.4 Å². The molecule has 0 saturated heterocycles. The lowest BCUT2D eigenvalue weighted by molar-refractivity contribution is 0.0939. The van der Waals surface area contributed by atoms with Gasteiger partial charge >= 0.3 is 0 Å². The number of ether oxygens (including phenoxy) is 1. The number of hydrogen-bond donors (Lipinski definition) is 2. The Labute approximate surface area is 208 Å². The maximum atomic E-state index is 13.1. The van der Waals surface area contributed by atoms with Crippen molar-refractivity contribution in [1.82, 2.24) is 5.32 Å². The van der Waals surface area contributed by atoms with Gasteiger partial charge in [0.2, 0.25) is 0 Å². The van der Waals surface area contributed by atoms with Crippen LogP contribution in [-0.2, 0) is 10.0 Å². The van der Waals surface area contributed by atoms with Crippen molar-refractivity contribution in [2.24, 2.45) is 0 Å². The first kappa shape index (κ1) is 26.3. The molecule has 6 nitrogen and oxygen atoms in total. The molecule has 0 saturated carbocycles. The first-order chi connectivity index (χ1) is 16.4. The number of anilines is 1. The highest BCUT2D eigenvalue weighted by Crippen LogP contribution is 2.32. The summed E-state index contributed by atoms with van der Waals surface area (Å²) in [5, 5.41) is 3.02. The number of amides is 1. The fourth-order valence-electron chi connectivity index (χ4n) is 4.03. The Morgan fingerprint density at radius 1 is 0.857 bits per heavy atom. The van der Waals surface area contributed by atoms with E-state index < -0.39 is 10.0 Å². The molecule has 0 aliphatic rings. The van der Waals surface area contributed by atoms with Crippen LogP contribution in [-0.4, -0.2) is 21.4 Å². The highest BCUT2D eigenvalue weighted by Gasteiger charge is 2.21. The average molecular weight is 495 g/mol. The van der Waals surface area contributed by atoms with E-state index in [9.17, 15) is 13.2 Å². The third kappa shape index (κ3) is 6.03. The molecule has 0 aliphatic carbocycles. The lowest BCUT2D eigenvalue weighted by Crippen LogP contribution is -2.27. The molecule has 3 aromatic carbocycles. The van der Waals surface area contributed by atoms with Gasteiger partial charge in [-0.25, -0.2) is 8.42 Å². The summed E-state index contributed by atoms with van der Waals surface area (Å²) in [6, 6.07) is 15.6. The van der Waals surface area contributed by atoms with Crippen LogP contribution in [0.15, 0.2) is 59.5 Å². The molecule has 0 aliphatic heterocycles. The van der Waals surface area contributed by atoms with Crippen LogP contribution < -0.4 is 14.8 Å². The average Bonchev–Trinajstić information content (AvgIpc) is 2.79. The zero-order chi connectivity index (χ0) is 25.9. The monoisotopic (exact) mass is 494 g/mol. The molecule has 0 heterocycles. The van der Waals surface area contributed by atoms with E-state index in [4.69, 9.17) is 4.74 Å². The minimum atomic E-state index is -3.87. The van der Waals surface area contributed by atoms with E-state index in [1.54, 1.807) is 38.3 Å². The van der Waals surface area contributed by atoms with Gasteiger partial charge in [0, 0.05) is 11.3 Å². The van der Waals surface area contributed by atoms with Gasteiger partial charge < -0.3 is 10.1 Å². The molecule has 0 bridgehead atoms. The number of benzene rings is 3. The third-order valence-corrected chi connectivity index (χ3v) is 7.62. The van der Waals surface area contributed by atoms with Crippen LogP contribution in [0.2, 0.25) is 0 Å². The lowest BCUT2D eigenvalue weighted by atomic mass is 9.93. The van der Waals surface area contributed by atoms with Gasteiger partial charge in [-0.2, -0.15) is 0 Å². The van der Waals surface area contributed by atoms with E-state index in [-0.39, 0.29) is 28.3 Å². The van der Waals surface area contributed by atoms with Crippen molar-refractivity contribution in [1.29, 1.82) is 0 Å². The number of rotatable bonds is 8. The second-order valence-corrected chi connectivity index (χ2v) is 10.9. The van der Waals surface area contributed by atoms with Gasteiger partial charge in [0.15, 0.2) is 0 Å². The number of hydrogen-bond acceptors (Lipinski definition) is 4. The number of nitrogens with one attached hydrogen (secondary N) is 2. The van der Waals surface area contributed by atoms with Crippen molar-refractivity contribution in [3.05, 3.63) is 88.0 Å². The second-order valence-electron chi connectivity index (χ2n) is 9.25. The Hall–Kier alpha value is -3.32. The van der Waals surface area contributed by atoms with Crippen molar-refractivity contribution < 1.29 is 17.9 Å². The minimum Gasteiger partial charge on any atom is -0.496 e. The molecule has 0 spiro atoms. The van der Waals surface area contributed by atoms with Crippen molar-refractivity contribution >= 4 is 21.6 Å². The van der Waals surface area contributed by atoms with Gasteiger partial charge in [-0.1, -0.05) is 37.6 Å². The smallest absolute Gasteiger partial charge is 0.262 e.